The van der Waals surface area contributed by atoms with Gasteiger partial charge in [0, 0.05) is 30.1 Å². The van der Waals surface area contributed by atoms with Crippen LogP contribution in [0.2, 0.25) is 0 Å². The zero-order valence-corrected chi connectivity index (χ0v) is 13.5. The van der Waals surface area contributed by atoms with Crippen molar-refractivity contribution >= 4 is 17.9 Å². The lowest BCUT2D eigenvalue weighted by atomic mass is 9.45. The predicted molar refractivity (Wildman–Crippen MR) is 82.1 cm³/mol. The second kappa shape index (κ2) is 4.75. The van der Waals surface area contributed by atoms with E-state index in [0.717, 1.165) is 44.9 Å². The van der Waals surface area contributed by atoms with Crippen molar-refractivity contribution in [2.24, 2.45) is 34.5 Å². The van der Waals surface area contributed by atoms with Crippen LogP contribution in [0.5, 0.6) is 0 Å². The largest absolute Gasteiger partial charge is 0.303 e. The van der Waals surface area contributed by atoms with E-state index in [2.05, 4.69) is 6.92 Å². The Morgan fingerprint density at radius 3 is 2.59 bits per heavy atom. The number of carbonyl (C=O) groups excluding carboxylic acids is 3. The number of hydrogen-bond acceptors (Lipinski definition) is 3. The SMILES string of the molecule is C[C@]12CC[C@H]3[C@@H](CCC4CC(=O)CC[C@@]43C=O)[C@@H]1CCC2=O. The van der Waals surface area contributed by atoms with Crippen molar-refractivity contribution < 1.29 is 14.4 Å². The van der Waals surface area contributed by atoms with E-state index in [1.54, 1.807) is 0 Å². The van der Waals surface area contributed by atoms with Gasteiger partial charge in [0.2, 0.25) is 0 Å². The minimum Gasteiger partial charge on any atom is -0.303 e. The molecule has 4 rings (SSSR count). The molecule has 3 nitrogen and oxygen atoms in total. The Morgan fingerprint density at radius 1 is 1.00 bits per heavy atom. The van der Waals surface area contributed by atoms with Crippen LogP contribution in [0, 0.1) is 34.5 Å². The molecule has 4 aliphatic carbocycles. The van der Waals surface area contributed by atoms with Crippen LogP contribution in [0.25, 0.3) is 0 Å². The van der Waals surface area contributed by atoms with Crippen molar-refractivity contribution in [2.45, 2.75) is 64.7 Å². The molecular formula is C19H26O3. The van der Waals surface area contributed by atoms with Crippen LogP contribution in [-0.4, -0.2) is 17.9 Å². The van der Waals surface area contributed by atoms with Gasteiger partial charge in [-0.05, 0) is 62.2 Å². The van der Waals surface area contributed by atoms with E-state index >= 15 is 0 Å². The summed E-state index contributed by atoms with van der Waals surface area (Å²) < 4.78 is 0. The number of ketones is 2. The lowest BCUT2D eigenvalue weighted by Gasteiger charge is -2.58. The first kappa shape index (κ1) is 14.6. The van der Waals surface area contributed by atoms with Gasteiger partial charge in [0.05, 0.1) is 0 Å². The second-order valence-electron chi connectivity index (χ2n) is 8.54. The Balaban J connectivity index is 1.69. The molecule has 0 aromatic rings. The number of rotatable bonds is 1. The Kier molecular flexibility index (Phi) is 3.15. The molecule has 22 heavy (non-hydrogen) atoms. The summed E-state index contributed by atoms with van der Waals surface area (Å²) in [6.07, 6.45) is 9.02. The molecule has 1 unspecified atom stereocenters. The summed E-state index contributed by atoms with van der Waals surface area (Å²) in [6, 6.07) is 0. The molecule has 3 heteroatoms. The van der Waals surface area contributed by atoms with Gasteiger partial charge in [-0.3, -0.25) is 9.59 Å². The number of hydrogen-bond donors (Lipinski definition) is 0. The first-order chi connectivity index (χ1) is 10.5. The molecule has 0 heterocycles. The van der Waals surface area contributed by atoms with Crippen LogP contribution in [0.1, 0.15) is 64.7 Å². The van der Waals surface area contributed by atoms with E-state index in [-0.39, 0.29) is 16.7 Å². The van der Waals surface area contributed by atoms with Crippen molar-refractivity contribution in [3.8, 4) is 0 Å². The van der Waals surface area contributed by atoms with Crippen LogP contribution in [-0.2, 0) is 14.4 Å². The molecule has 0 N–H and O–H groups in total. The van der Waals surface area contributed by atoms with E-state index in [0.29, 0.717) is 42.2 Å². The molecule has 4 saturated carbocycles. The van der Waals surface area contributed by atoms with Gasteiger partial charge in [-0.2, -0.15) is 0 Å². The first-order valence-corrected chi connectivity index (χ1v) is 9.02. The highest BCUT2D eigenvalue weighted by Crippen LogP contribution is 2.64. The maximum absolute atomic E-state index is 12.4. The third-order valence-corrected chi connectivity index (χ3v) is 7.98. The molecule has 120 valence electrons. The van der Waals surface area contributed by atoms with Crippen LogP contribution in [0.15, 0.2) is 0 Å². The topological polar surface area (TPSA) is 51.2 Å². The Labute approximate surface area is 132 Å². The lowest BCUT2D eigenvalue weighted by molar-refractivity contribution is -0.153. The minimum absolute atomic E-state index is 0.122. The van der Waals surface area contributed by atoms with Gasteiger partial charge in [-0.1, -0.05) is 6.92 Å². The molecule has 4 fully saturated rings. The molecule has 0 bridgehead atoms. The van der Waals surface area contributed by atoms with Crippen LogP contribution >= 0.6 is 0 Å². The third-order valence-electron chi connectivity index (χ3n) is 7.98. The molecular weight excluding hydrogens is 276 g/mol. The van der Waals surface area contributed by atoms with Gasteiger partial charge in [0.15, 0.2) is 0 Å². The zero-order chi connectivity index (χ0) is 15.5. The number of Topliss-reactive ketones (excluding diaryl/α,β-unsaturated/α-hetero) is 2. The van der Waals surface area contributed by atoms with Crippen molar-refractivity contribution in [1.29, 1.82) is 0 Å². The van der Waals surface area contributed by atoms with Gasteiger partial charge in [-0.25, -0.2) is 0 Å². The Hall–Kier alpha value is -0.990. The summed E-state index contributed by atoms with van der Waals surface area (Å²) in [4.78, 5) is 36.4. The van der Waals surface area contributed by atoms with Crippen molar-refractivity contribution in [3.63, 3.8) is 0 Å². The predicted octanol–water partition coefficient (Wildman–Crippen LogP) is 3.35. The van der Waals surface area contributed by atoms with E-state index in [4.69, 9.17) is 0 Å². The summed E-state index contributed by atoms with van der Waals surface area (Å²) in [5, 5.41) is 0. The highest BCUT2D eigenvalue weighted by atomic mass is 16.1. The molecule has 0 aromatic carbocycles. The van der Waals surface area contributed by atoms with E-state index < -0.39 is 0 Å². The summed E-state index contributed by atoms with van der Waals surface area (Å²) in [5.74, 6) is 2.50. The quantitative estimate of drug-likeness (QED) is 0.698. The van der Waals surface area contributed by atoms with Gasteiger partial charge in [-0.15, -0.1) is 0 Å². The van der Waals surface area contributed by atoms with Gasteiger partial charge in [0.25, 0.3) is 0 Å². The average Bonchev–Trinajstić information content (AvgIpc) is 2.82. The minimum atomic E-state index is -0.260. The average molecular weight is 302 g/mol. The fraction of sp³-hybridized carbons (Fsp3) is 0.842. The summed E-state index contributed by atoms with van der Waals surface area (Å²) in [5.41, 5.74) is -0.383. The van der Waals surface area contributed by atoms with Gasteiger partial charge < -0.3 is 4.79 Å². The number of carbonyl (C=O) groups is 3. The highest BCUT2D eigenvalue weighted by Gasteiger charge is 2.61. The fourth-order valence-electron chi connectivity index (χ4n) is 6.75. The molecule has 0 amide bonds. The summed E-state index contributed by atoms with van der Waals surface area (Å²) in [7, 11) is 0. The maximum atomic E-state index is 12.4. The Bertz CT molecular complexity index is 539. The lowest BCUT2D eigenvalue weighted by Crippen LogP contribution is -2.55. The smallest absolute Gasteiger partial charge is 0.139 e. The van der Waals surface area contributed by atoms with Crippen molar-refractivity contribution in [2.75, 3.05) is 0 Å². The van der Waals surface area contributed by atoms with E-state index in [9.17, 15) is 14.4 Å². The van der Waals surface area contributed by atoms with Crippen molar-refractivity contribution in [3.05, 3.63) is 0 Å². The molecule has 6 atom stereocenters. The van der Waals surface area contributed by atoms with Crippen LogP contribution < -0.4 is 0 Å². The summed E-state index contributed by atoms with van der Waals surface area (Å²) in [6.45, 7) is 2.17. The van der Waals surface area contributed by atoms with Gasteiger partial charge >= 0.3 is 0 Å². The van der Waals surface area contributed by atoms with E-state index in [1.165, 1.54) is 6.29 Å². The van der Waals surface area contributed by atoms with E-state index in [1.807, 2.05) is 0 Å². The molecule has 0 aromatic heterocycles. The second-order valence-corrected chi connectivity index (χ2v) is 8.54. The van der Waals surface area contributed by atoms with Crippen molar-refractivity contribution in [1.82, 2.24) is 0 Å². The normalized spacial score (nSPS) is 51.0. The molecule has 0 spiro atoms. The number of fused-ring (bicyclic) bond motifs is 5. The number of aldehydes is 1. The maximum Gasteiger partial charge on any atom is 0.139 e. The standard InChI is InChI=1S/C19H26O3/c1-18-8-7-16-14(15(18)4-5-17(18)22)3-2-12-10-13(21)6-9-19(12,16)11-20/h11-12,14-16H,2-10H2,1H3/t12?,14-,15-,16-,18-,19+/m0/s1. The first-order valence-electron chi connectivity index (χ1n) is 9.02. The van der Waals surface area contributed by atoms with Crippen LogP contribution in [0.3, 0.4) is 0 Å². The Morgan fingerprint density at radius 2 is 1.82 bits per heavy atom. The third kappa shape index (κ3) is 1.71. The zero-order valence-electron chi connectivity index (χ0n) is 13.5. The monoisotopic (exact) mass is 302 g/mol. The van der Waals surface area contributed by atoms with Gasteiger partial charge in [0.1, 0.15) is 17.9 Å². The molecule has 0 saturated heterocycles. The summed E-state index contributed by atoms with van der Waals surface area (Å²) >= 11 is 0. The molecule has 0 aliphatic heterocycles. The highest BCUT2D eigenvalue weighted by molar-refractivity contribution is 5.87. The van der Waals surface area contributed by atoms with Crippen LogP contribution in [0.4, 0.5) is 0 Å². The fourth-order valence-corrected chi connectivity index (χ4v) is 6.75. The molecule has 0 radical (unpaired) electrons. The molecule has 4 aliphatic rings.